The molecule has 4 unspecified atom stereocenters. The summed E-state index contributed by atoms with van der Waals surface area (Å²) >= 11 is 0. The molecule has 15 atom stereocenters. The lowest BCUT2D eigenvalue weighted by molar-refractivity contribution is -0.438. The number of phenolic OH excluding ortho intramolecular Hbond substituents is 1. The van der Waals surface area contributed by atoms with Gasteiger partial charge in [-0.25, -0.2) is 8.42 Å². The number of unbranched alkanes of at least 4 members (excludes halogenated alkanes) is 8. The first kappa shape index (κ1) is 116. The lowest BCUT2D eigenvalue weighted by Gasteiger charge is -2.46. The van der Waals surface area contributed by atoms with Gasteiger partial charge in [0.1, 0.15) is 101 Å². The van der Waals surface area contributed by atoms with Crippen LogP contribution in [0.2, 0.25) is 0 Å². The van der Waals surface area contributed by atoms with E-state index in [-0.39, 0.29) is 106 Å². The largest absolute Gasteiger partial charge is 0.744 e. The molecule has 45 nitrogen and oxygen atoms in total. The Balaban J connectivity index is 0.661. The van der Waals surface area contributed by atoms with Crippen LogP contribution in [0.4, 0.5) is 11.4 Å². The third-order valence-electron chi connectivity index (χ3n) is 26.4. The number of carbonyl (C=O) groups excluding carboxylic acids is 8. The summed E-state index contributed by atoms with van der Waals surface area (Å²) in [4.78, 5) is 115. The monoisotopic (exact) mass is 2080 g/mol. The molecular weight excluding hydrogens is 1940 g/mol. The number of hydrogen-bond donors (Lipinski definition) is 25. The minimum absolute atomic E-state index is 0.00342. The van der Waals surface area contributed by atoms with E-state index in [1.54, 1.807) is 47.4 Å². The lowest BCUT2D eigenvalue weighted by Crippen LogP contribution is -2.64. The van der Waals surface area contributed by atoms with E-state index in [0.29, 0.717) is 135 Å². The van der Waals surface area contributed by atoms with E-state index >= 15 is 0 Å². The van der Waals surface area contributed by atoms with Gasteiger partial charge in [0.25, 0.3) is 10.1 Å². The van der Waals surface area contributed by atoms with Crippen LogP contribution in [0, 0.1) is 16.2 Å². The first-order chi connectivity index (χ1) is 69.4. The summed E-state index contributed by atoms with van der Waals surface area (Å²) in [5.41, 5.74) is 14.0. The molecule has 10 rings (SSSR count). The third-order valence-corrected chi connectivity index (χ3v) is 28.0. The van der Waals surface area contributed by atoms with Gasteiger partial charge in [-0.15, -0.1) is 0 Å². The van der Waals surface area contributed by atoms with Gasteiger partial charge in [0.2, 0.25) is 52.9 Å². The van der Waals surface area contributed by atoms with Gasteiger partial charge in [-0.05, 0) is 161 Å². The van der Waals surface area contributed by atoms with Gasteiger partial charge in [-0.1, -0.05) is 112 Å². The zero-order valence-electron chi connectivity index (χ0n) is 82.6. The second-order valence-electron chi connectivity index (χ2n) is 37.8. The van der Waals surface area contributed by atoms with Gasteiger partial charge in [0.05, 0.1) is 48.1 Å². The second-order valence-corrected chi connectivity index (χ2v) is 40.6. The Morgan fingerprint density at radius 1 is 0.603 bits per heavy atom. The molecule has 5 aliphatic rings. The van der Waals surface area contributed by atoms with Crippen molar-refractivity contribution in [1.82, 2.24) is 63.4 Å². The fraction of sp³-hybridized carbons (Fsp3) is 0.535. The standard InChI is InChI=1S/C99H141N19O26S2/c1-59-88(130)114-70(27-23-45-107-96(102)103)91(133)115-71(52-61-31-34-62-24-15-16-25-63(62)50-61)90(132)111-56-81(124)113-72(51-60-32-35-64(121)36-33-60)92(134)116(59)46-20-9-8-19-43-109-97(104)108-42-18-7-6-17-41-105-80(123)55-110-89(131)69(26-22-44-106-95(100)101)112-79(122)30-14-11-21-47-117-73-39-37-65(145(135,136)137)53-67(73)98(2,3)77(117)28-12-10-13-29-78-99(4,5)68-54-66(146(138,139)140)38-40-74(68)118(78)48-49-141-93-86(129)84(127)87(76(58-120)143-93)144-94-85(128)83(126)82(125)75(57-119)142-94/h10,12-13,15-16,24-25,28-29,31-40,50,53-54,59,69-72,75-76,82-87,93-94,119-120,125-129H,6-9,11,14,17-23,26-27,30,41-49,51-52,55-58H2,1-5H3,(H20-,100,101,102,103,104,105,106,107,108,109,110,111,112,113,114,115,121,122,123,124,130,131,132,133,135,136,137,138,139,140)/t59-,69-,70+,71+,72-,75?,76?,82-,83+,84-,85?,86?,87-,93+,94+/m1/s1. The van der Waals surface area contributed by atoms with Crippen LogP contribution in [-0.2, 0) is 101 Å². The van der Waals surface area contributed by atoms with Crippen molar-refractivity contribution in [3.63, 3.8) is 0 Å². The molecule has 146 heavy (non-hydrogen) atoms. The predicted molar refractivity (Wildman–Crippen MR) is 537 cm³/mol. The normalized spacial score (nSPS) is 23.5. The fourth-order valence-corrected chi connectivity index (χ4v) is 19.3. The highest BCUT2D eigenvalue weighted by atomic mass is 32.2. The number of aliphatic hydroxyl groups excluding tert-OH is 7. The highest BCUT2D eigenvalue weighted by Gasteiger charge is 2.52. The number of hydrogen-bond acceptors (Lipinski definition) is 29. The summed E-state index contributed by atoms with van der Waals surface area (Å²) in [6.07, 6.45) is -0.860. The molecule has 5 aromatic rings. The number of amides is 8. The van der Waals surface area contributed by atoms with Crippen molar-refractivity contribution < 1.29 is 129 Å². The van der Waals surface area contributed by atoms with Crippen LogP contribution < -0.4 is 74.9 Å². The Kier molecular flexibility index (Phi) is 43.2. The van der Waals surface area contributed by atoms with Crippen molar-refractivity contribution >= 4 is 113 Å². The molecule has 27 N–H and O–H groups in total. The highest BCUT2D eigenvalue weighted by molar-refractivity contribution is 7.86. The maximum Gasteiger partial charge on any atom is 0.294 e. The molecule has 47 heteroatoms. The van der Waals surface area contributed by atoms with Crippen LogP contribution in [0.15, 0.2) is 149 Å². The van der Waals surface area contributed by atoms with E-state index in [1.807, 2.05) is 80.8 Å². The molecule has 0 spiro atoms. The molecule has 800 valence electrons. The topological polar surface area (TPSA) is 712 Å². The van der Waals surface area contributed by atoms with Crippen LogP contribution in [-0.4, -0.2) is 324 Å². The highest BCUT2D eigenvalue weighted by Crippen LogP contribution is 2.49. The molecule has 5 aromatic carbocycles. The molecular formula is C99H141N19O26S2. The van der Waals surface area contributed by atoms with Crippen LogP contribution in [0.1, 0.15) is 160 Å². The zero-order chi connectivity index (χ0) is 106. The smallest absolute Gasteiger partial charge is 0.294 e. The number of aliphatic hydroxyl groups is 7. The van der Waals surface area contributed by atoms with Crippen molar-refractivity contribution in [2.24, 2.45) is 11.5 Å². The van der Waals surface area contributed by atoms with Gasteiger partial charge < -0.3 is 144 Å². The molecule has 0 radical (unpaired) electrons. The number of anilines is 1. The second kappa shape index (κ2) is 54.5. The van der Waals surface area contributed by atoms with E-state index < -0.39 is 195 Å². The third kappa shape index (κ3) is 32.6. The number of aromatic hydroxyl groups is 1. The van der Waals surface area contributed by atoms with Gasteiger partial charge in [0, 0.05) is 106 Å². The Morgan fingerprint density at radius 3 is 1.88 bits per heavy atom. The van der Waals surface area contributed by atoms with Gasteiger partial charge in [0.15, 0.2) is 36.2 Å². The Morgan fingerprint density at radius 2 is 1.21 bits per heavy atom. The summed E-state index contributed by atoms with van der Waals surface area (Å²) in [6, 6.07) is 21.7. The molecule has 3 fully saturated rings. The summed E-state index contributed by atoms with van der Waals surface area (Å²) in [5, 5.41) is 140. The van der Waals surface area contributed by atoms with Crippen LogP contribution >= 0.6 is 0 Å². The Bertz CT molecular complexity index is 5750. The van der Waals surface area contributed by atoms with Crippen molar-refractivity contribution in [3.8, 4) is 5.75 Å². The average Bonchev–Trinajstić information content (AvgIpc) is 1.59. The predicted octanol–water partition coefficient (Wildman–Crippen LogP) is -0.167. The zero-order valence-corrected chi connectivity index (χ0v) is 84.2. The molecule has 8 amide bonds. The number of guanidine groups is 3. The van der Waals surface area contributed by atoms with Crippen LogP contribution in [0.5, 0.6) is 5.75 Å². The Hall–Kier alpha value is -12.2. The van der Waals surface area contributed by atoms with E-state index in [2.05, 4.69) is 58.5 Å². The summed E-state index contributed by atoms with van der Waals surface area (Å²) in [7, 11) is -9.56. The van der Waals surface area contributed by atoms with Crippen molar-refractivity contribution in [2.75, 3.05) is 90.2 Å². The fourth-order valence-electron chi connectivity index (χ4n) is 18.3. The SMILES string of the molecule is C[C@@H]1C(=O)N[C@@H](CCCNC(=N)N)C(=O)N[C@@H](Cc2ccc3ccccc3c2)C(=O)NCC(=O)N[C@H](Cc2ccc(O)cc2)C(=O)N1CCCCCCNC(=N)NCCCCCCNC(=O)CNC(=O)[C@@H](CCCNC(=N)N)NC(=O)CCCCC[N+]1=C(/C=C/C=C/C=C2/N(CCO[C@H]3OC(CO)[C@@H](O[C@@H]4OC(CO)[C@@H](O)[C@H](O)C4O)[C@H](O)C3O)c3ccc(S(=O)(=O)O)cc3C2(C)C)C(C)(C)c2cc(S(=O)(=O)[O-])ccc21. The van der Waals surface area contributed by atoms with Crippen LogP contribution in [0.3, 0.4) is 0 Å². The molecule has 0 saturated carbocycles. The number of nitrogens with one attached hydrogen (secondary N) is 14. The number of ether oxygens (including phenoxy) is 4. The quantitative estimate of drug-likeness (QED) is 0.00600. The molecule has 3 saturated heterocycles. The minimum atomic E-state index is -4.88. The van der Waals surface area contributed by atoms with Crippen molar-refractivity contribution in [1.29, 1.82) is 16.2 Å². The maximum absolute atomic E-state index is 14.9. The molecule has 0 aromatic heterocycles. The first-order valence-electron chi connectivity index (χ1n) is 49.1. The van der Waals surface area contributed by atoms with E-state index in [4.69, 9.17) is 46.6 Å². The summed E-state index contributed by atoms with van der Waals surface area (Å²) in [5.74, 6) is -5.34. The van der Waals surface area contributed by atoms with Crippen molar-refractivity contribution in [3.05, 3.63) is 161 Å². The minimum Gasteiger partial charge on any atom is -0.744 e. The lowest BCUT2D eigenvalue weighted by atomic mass is 9.81. The number of carbonyl (C=O) groups is 8. The molecule has 5 aliphatic heterocycles. The molecule has 0 bridgehead atoms. The van der Waals surface area contributed by atoms with Gasteiger partial charge in [-0.2, -0.15) is 13.0 Å². The number of benzene rings is 5. The number of allylic oxidation sites excluding steroid dienone is 6. The number of rotatable bonds is 49. The summed E-state index contributed by atoms with van der Waals surface area (Å²) in [6.45, 7) is 8.22. The first-order valence-corrected chi connectivity index (χ1v) is 52.0. The number of nitrogens with two attached hydrogens (primary N) is 2. The molecule has 5 heterocycles. The summed E-state index contributed by atoms with van der Waals surface area (Å²) < 4.78 is 97.3. The van der Waals surface area contributed by atoms with E-state index in [9.17, 15) is 105 Å². The van der Waals surface area contributed by atoms with E-state index in [0.717, 1.165) is 23.6 Å². The van der Waals surface area contributed by atoms with E-state index in [1.165, 1.54) is 54.3 Å². The number of fused-ring (bicyclic) bond motifs is 3. The maximum atomic E-state index is 14.9. The Labute approximate surface area is 848 Å². The van der Waals surface area contributed by atoms with Crippen molar-refractivity contribution in [2.45, 2.75) is 262 Å². The molecule has 0 aliphatic carbocycles. The number of nitrogens with zero attached hydrogens (tertiary/aromatic N) is 3. The number of phenols is 1. The average molecular weight is 2080 g/mol. The van der Waals surface area contributed by atoms with Gasteiger partial charge >= 0.3 is 0 Å². The van der Waals surface area contributed by atoms with Gasteiger partial charge in [-0.3, -0.25) is 59.1 Å². The van der Waals surface area contributed by atoms with Crippen LogP contribution in [0.25, 0.3) is 10.8 Å².